The Morgan fingerprint density at radius 2 is 2.00 bits per heavy atom. The van der Waals surface area contributed by atoms with Crippen LogP contribution in [0.4, 0.5) is 0 Å². The highest BCUT2D eigenvalue weighted by molar-refractivity contribution is 6.69. The molecule has 2 aliphatic carbocycles. The van der Waals surface area contributed by atoms with Gasteiger partial charge in [0.1, 0.15) is 5.78 Å². The smallest absolute Gasteiger partial charge is 0.184 e. The Balaban J connectivity index is 2.46. The van der Waals surface area contributed by atoms with Crippen LogP contribution in [-0.4, -0.2) is 19.7 Å². The molecule has 108 valence electrons. The molecule has 0 N–H and O–H groups in total. The number of fused-ring (bicyclic) bond motifs is 1. The molecular weight excluding hydrogens is 252 g/mol. The number of carbonyl (C=O) groups is 1. The SMILES string of the molecule is C/C=C/[C@H]1CC[C@@]2(C)C(=O)CCC[C@@]12O[Si](C)(C)C. The summed E-state index contributed by atoms with van der Waals surface area (Å²) in [6.07, 6.45) is 9.29. The van der Waals surface area contributed by atoms with Crippen LogP contribution < -0.4 is 0 Å². The van der Waals surface area contributed by atoms with E-state index in [1.54, 1.807) is 0 Å². The molecule has 0 spiro atoms. The Morgan fingerprint density at radius 3 is 2.58 bits per heavy atom. The molecule has 0 unspecified atom stereocenters. The Kier molecular flexibility index (Phi) is 3.82. The lowest BCUT2D eigenvalue weighted by Crippen LogP contribution is -2.58. The van der Waals surface area contributed by atoms with Gasteiger partial charge in [-0.05, 0) is 59.2 Å². The monoisotopic (exact) mass is 280 g/mol. The number of allylic oxidation sites excluding steroid dienone is 1. The fourth-order valence-corrected chi connectivity index (χ4v) is 5.76. The maximum atomic E-state index is 12.5. The Hall–Kier alpha value is -0.413. The molecule has 0 radical (unpaired) electrons. The molecule has 0 aromatic heterocycles. The van der Waals surface area contributed by atoms with E-state index in [1.807, 2.05) is 0 Å². The summed E-state index contributed by atoms with van der Waals surface area (Å²) < 4.78 is 6.70. The number of rotatable bonds is 3. The quantitative estimate of drug-likeness (QED) is 0.568. The molecule has 19 heavy (non-hydrogen) atoms. The van der Waals surface area contributed by atoms with E-state index < -0.39 is 8.32 Å². The maximum Gasteiger partial charge on any atom is 0.184 e. The van der Waals surface area contributed by atoms with Crippen LogP contribution in [-0.2, 0) is 9.22 Å². The van der Waals surface area contributed by atoms with Crippen molar-refractivity contribution in [2.24, 2.45) is 11.3 Å². The molecule has 2 aliphatic rings. The lowest BCUT2D eigenvalue weighted by atomic mass is 9.63. The fourth-order valence-electron chi connectivity index (χ4n) is 4.19. The summed E-state index contributed by atoms with van der Waals surface area (Å²) in [4.78, 5) is 12.5. The first-order chi connectivity index (χ1) is 8.75. The topological polar surface area (TPSA) is 26.3 Å². The van der Waals surface area contributed by atoms with Crippen molar-refractivity contribution in [3.05, 3.63) is 12.2 Å². The highest BCUT2D eigenvalue weighted by atomic mass is 28.4. The van der Waals surface area contributed by atoms with E-state index >= 15 is 0 Å². The van der Waals surface area contributed by atoms with E-state index in [1.165, 1.54) is 0 Å². The van der Waals surface area contributed by atoms with Crippen molar-refractivity contribution in [1.82, 2.24) is 0 Å². The zero-order chi connectivity index (χ0) is 14.3. The second kappa shape index (κ2) is 4.85. The number of ketones is 1. The minimum absolute atomic E-state index is 0.223. The minimum atomic E-state index is -1.67. The molecule has 2 rings (SSSR count). The van der Waals surface area contributed by atoms with Gasteiger partial charge in [0, 0.05) is 12.3 Å². The van der Waals surface area contributed by atoms with E-state index in [0.717, 1.165) is 32.1 Å². The first kappa shape index (κ1) is 15.0. The van der Waals surface area contributed by atoms with Gasteiger partial charge in [-0.2, -0.15) is 0 Å². The predicted octanol–water partition coefficient (Wildman–Crippen LogP) is 4.32. The van der Waals surface area contributed by atoms with Gasteiger partial charge in [0.05, 0.1) is 11.0 Å². The zero-order valence-electron chi connectivity index (χ0n) is 13.1. The summed E-state index contributed by atoms with van der Waals surface area (Å²) in [7, 11) is -1.67. The maximum absolute atomic E-state index is 12.5. The molecule has 0 heterocycles. The van der Waals surface area contributed by atoms with Crippen LogP contribution in [0.2, 0.25) is 19.6 Å². The van der Waals surface area contributed by atoms with Crippen LogP contribution in [0.1, 0.15) is 46.0 Å². The first-order valence-electron chi connectivity index (χ1n) is 7.61. The van der Waals surface area contributed by atoms with E-state index in [2.05, 4.69) is 45.6 Å². The zero-order valence-corrected chi connectivity index (χ0v) is 14.1. The molecule has 0 amide bonds. The van der Waals surface area contributed by atoms with Crippen LogP contribution in [0.15, 0.2) is 12.2 Å². The van der Waals surface area contributed by atoms with Gasteiger partial charge in [-0.1, -0.05) is 12.2 Å². The lowest BCUT2D eigenvalue weighted by molar-refractivity contribution is -0.149. The van der Waals surface area contributed by atoms with Crippen LogP contribution in [0.3, 0.4) is 0 Å². The van der Waals surface area contributed by atoms with Gasteiger partial charge in [-0.15, -0.1) is 0 Å². The third kappa shape index (κ3) is 2.36. The number of hydrogen-bond acceptors (Lipinski definition) is 2. The minimum Gasteiger partial charge on any atom is -0.411 e. The molecule has 0 aromatic carbocycles. The summed E-state index contributed by atoms with van der Waals surface area (Å²) in [5, 5.41) is 0. The van der Waals surface area contributed by atoms with Gasteiger partial charge in [0.15, 0.2) is 8.32 Å². The summed E-state index contributed by atoms with van der Waals surface area (Å²) in [6.45, 7) is 11.0. The molecule has 3 atom stereocenters. The summed E-state index contributed by atoms with van der Waals surface area (Å²) >= 11 is 0. The van der Waals surface area contributed by atoms with Gasteiger partial charge < -0.3 is 4.43 Å². The highest BCUT2D eigenvalue weighted by Crippen LogP contribution is 2.59. The Morgan fingerprint density at radius 1 is 1.32 bits per heavy atom. The number of carbonyl (C=O) groups excluding carboxylic acids is 1. The lowest BCUT2D eigenvalue weighted by Gasteiger charge is -2.51. The highest BCUT2D eigenvalue weighted by Gasteiger charge is 2.63. The van der Waals surface area contributed by atoms with Crippen LogP contribution in [0, 0.1) is 11.3 Å². The van der Waals surface area contributed by atoms with Gasteiger partial charge >= 0.3 is 0 Å². The summed E-state index contributed by atoms with van der Waals surface area (Å²) in [5.74, 6) is 0.850. The van der Waals surface area contributed by atoms with Crippen molar-refractivity contribution in [3.63, 3.8) is 0 Å². The molecular formula is C16H28O2Si. The van der Waals surface area contributed by atoms with Crippen molar-refractivity contribution in [2.75, 3.05) is 0 Å². The molecule has 2 saturated carbocycles. The van der Waals surface area contributed by atoms with Crippen molar-refractivity contribution in [1.29, 1.82) is 0 Å². The van der Waals surface area contributed by atoms with Gasteiger partial charge in [-0.25, -0.2) is 0 Å². The predicted molar refractivity (Wildman–Crippen MR) is 81.7 cm³/mol. The van der Waals surface area contributed by atoms with Crippen LogP contribution >= 0.6 is 0 Å². The third-order valence-electron chi connectivity index (χ3n) is 4.97. The molecule has 0 bridgehead atoms. The average molecular weight is 280 g/mol. The van der Waals surface area contributed by atoms with Gasteiger partial charge in [0.2, 0.25) is 0 Å². The molecule has 0 aromatic rings. The molecule has 0 saturated heterocycles. The van der Waals surface area contributed by atoms with Crippen molar-refractivity contribution in [3.8, 4) is 0 Å². The average Bonchev–Trinajstić information content (AvgIpc) is 2.54. The summed E-state index contributed by atoms with van der Waals surface area (Å²) in [5.41, 5.74) is -0.477. The first-order valence-corrected chi connectivity index (χ1v) is 11.0. The largest absolute Gasteiger partial charge is 0.411 e. The Labute approximate surface area is 118 Å². The van der Waals surface area contributed by atoms with Crippen LogP contribution in [0.5, 0.6) is 0 Å². The van der Waals surface area contributed by atoms with Crippen molar-refractivity contribution in [2.45, 2.75) is 71.2 Å². The number of hydrogen-bond donors (Lipinski definition) is 0. The molecule has 0 aliphatic heterocycles. The van der Waals surface area contributed by atoms with E-state index in [-0.39, 0.29) is 11.0 Å². The second-order valence-corrected chi connectivity index (χ2v) is 11.8. The van der Waals surface area contributed by atoms with Gasteiger partial charge in [-0.3, -0.25) is 4.79 Å². The molecule has 2 fully saturated rings. The van der Waals surface area contributed by atoms with E-state index in [9.17, 15) is 4.79 Å². The Bertz CT molecular complexity index is 396. The van der Waals surface area contributed by atoms with Gasteiger partial charge in [0.25, 0.3) is 0 Å². The molecule has 2 nitrogen and oxygen atoms in total. The number of Topliss-reactive ketones (excluding diaryl/α,β-unsaturated/α-hetero) is 1. The second-order valence-electron chi connectivity index (χ2n) is 7.38. The van der Waals surface area contributed by atoms with Crippen molar-refractivity contribution < 1.29 is 9.22 Å². The van der Waals surface area contributed by atoms with Crippen LogP contribution in [0.25, 0.3) is 0 Å². The van der Waals surface area contributed by atoms with E-state index in [0.29, 0.717) is 11.7 Å². The standard InChI is InChI=1S/C16H28O2Si/c1-6-8-13-10-12-15(2)14(17)9-7-11-16(13,15)18-19(3,4)5/h6,8,13H,7,9-12H2,1-5H3/b8-6+/t13-,15-,16+/m0/s1. The summed E-state index contributed by atoms with van der Waals surface area (Å²) in [6, 6.07) is 0. The van der Waals surface area contributed by atoms with Crippen molar-refractivity contribution >= 4 is 14.1 Å². The normalized spacial score (nSPS) is 39.8. The molecule has 3 heteroatoms. The van der Waals surface area contributed by atoms with E-state index in [4.69, 9.17) is 4.43 Å². The third-order valence-corrected chi connectivity index (χ3v) is 5.95. The fraction of sp³-hybridized carbons (Fsp3) is 0.812.